The second-order valence-corrected chi connectivity index (χ2v) is 7.97. The molecule has 0 atom stereocenters. The third kappa shape index (κ3) is 2.10. The van der Waals surface area contributed by atoms with Crippen molar-refractivity contribution in [3.05, 3.63) is 62.9 Å². The van der Waals surface area contributed by atoms with Crippen molar-refractivity contribution in [2.45, 2.75) is 25.2 Å². The van der Waals surface area contributed by atoms with E-state index in [2.05, 4.69) is 65.3 Å². The normalized spacial score (nSPS) is 16.0. The predicted molar refractivity (Wildman–Crippen MR) is 97.3 cm³/mol. The van der Waals surface area contributed by atoms with Crippen LogP contribution in [0.15, 0.2) is 46.9 Å². The Labute approximate surface area is 143 Å². The molecule has 0 bridgehead atoms. The molecule has 4 rings (SSSR count). The summed E-state index contributed by atoms with van der Waals surface area (Å²) in [7, 11) is 1.77. The van der Waals surface area contributed by atoms with E-state index in [1.165, 1.54) is 38.9 Å². The van der Waals surface area contributed by atoms with E-state index >= 15 is 0 Å². The molecule has 0 unspecified atom stereocenters. The van der Waals surface area contributed by atoms with Crippen molar-refractivity contribution in [3.8, 4) is 5.75 Å². The van der Waals surface area contributed by atoms with Gasteiger partial charge in [0.25, 0.3) is 0 Å². The zero-order valence-electron chi connectivity index (χ0n) is 12.7. The van der Waals surface area contributed by atoms with Crippen LogP contribution in [0.5, 0.6) is 5.75 Å². The first-order valence-corrected chi connectivity index (χ1v) is 9.09. The molecule has 1 aromatic heterocycles. The molecule has 1 nitrogen and oxygen atoms in total. The molecule has 1 saturated carbocycles. The maximum atomic E-state index is 5.69. The summed E-state index contributed by atoms with van der Waals surface area (Å²) in [6.07, 6.45) is 2.40. The van der Waals surface area contributed by atoms with Crippen molar-refractivity contribution in [1.82, 2.24) is 0 Å². The molecule has 1 fully saturated rings. The van der Waals surface area contributed by atoms with Gasteiger partial charge in [-0.25, -0.2) is 0 Å². The molecule has 0 aliphatic heterocycles. The van der Waals surface area contributed by atoms with Gasteiger partial charge in [-0.2, -0.15) is 0 Å². The SMILES string of the molecule is COc1cc(C)c(Br)cc1C1(c2cc3ccccc3s2)CC1. The van der Waals surface area contributed by atoms with Gasteiger partial charge in [0.05, 0.1) is 7.11 Å². The van der Waals surface area contributed by atoms with E-state index < -0.39 is 0 Å². The Morgan fingerprint density at radius 3 is 2.59 bits per heavy atom. The van der Waals surface area contributed by atoms with Gasteiger partial charge >= 0.3 is 0 Å². The van der Waals surface area contributed by atoms with Gasteiger partial charge < -0.3 is 4.74 Å². The molecule has 22 heavy (non-hydrogen) atoms. The van der Waals surface area contributed by atoms with E-state index in [9.17, 15) is 0 Å². The third-order valence-corrected chi connectivity index (χ3v) is 6.82. The van der Waals surface area contributed by atoms with E-state index in [1.54, 1.807) is 7.11 Å². The monoisotopic (exact) mass is 372 g/mol. The Morgan fingerprint density at radius 2 is 1.91 bits per heavy atom. The molecule has 1 aliphatic carbocycles. The Hall–Kier alpha value is -1.32. The summed E-state index contributed by atoms with van der Waals surface area (Å²) in [5, 5.41) is 1.35. The molecule has 0 N–H and O–H groups in total. The Kier molecular flexibility index (Phi) is 3.31. The zero-order chi connectivity index (χ0) is 15.3. The molecule has 3 heteroatoms. The molecule has 1 heterocycles. The van der Waals surface area contributed by atoms with Gasteiger partial charge in [-0.1, -0.05) is 34.1 Å². The highest BCUT2D eigenvalue weighted by molar-refractivity contribution is 9.10. The third-order valence-electron chi connectivity index (χ3n) is 4.64. The van der Waals surface area contributed by atoms with Crippen molar-refractivity contribution < 1.29 is 4.74 Å². The molecule has 2 aromatic carbocycles. The van der Waals surface area contributed by atoms with Crippen LogP contribution >= 0.6 is 27.3 Å². The quantitative estimate of drug-likeness (QED) is 0.542. The van der Waals surface area contributed by atoms with E-state index in [-0.39, 0.29) is 5.41 Å². The molecule has 3 aromatic rings. The number of methoxy groups -OCH3 is 1. The number of hydrogen-bond donors (Lipinski definition) is 0. The molecular weight excluding hydrogens is 356 g/mol. The lowest BCUT2D eigenvalue weighted by molar-refractivity contribution is 0.406. The lowest BCUT2D eigenvalue weighted by Gasteiger charge is -2.19. The summed E-state index contributed by atoms with van der Waals surface area (Å²) >= 11 is 5.60. The molecule has 0 spiro atoms. The summed E-state index contributed by atoms with van der Waals surface area (Å²) in [6, 6.07) is 15.4. The van der Waals surface area contributed by atoms with Crippen molar-refractivity contribution >= 4 is 37.4 Å². The smallest absolute Gasteiger partial charge is 0.123 e. The van der Waals surface area contributed by atoms with Crippen LogP contribution in [0, 0.1) is 6.92 Å². The average molecular weight is 373 g/mol. The highest BCUT2D eigenvalue weighted by Gasteiger charge is 2.49. The zero-order valence-corrected chi connectivity index (χ0v) is 15.1. The number of aryl methyl sites for hydroxylation is 1. The van der Waals surface area contributed by atoms with E-state index in [4.69, 9.17) is 4.74 Å². The van der Waals surface area contributed by atoms with Crippen LogP contribution in [0.3, 0.4) is 0 Å². The van der Waals surface area contributed by atoms with Crippen molar-refractivity contribution in [3.63, 3.8) is 0 Å². The van der Waals surface area contributed by atoms with Crippen molar-refractivity contribution in [1.29, 1.82) is 0 Å². The van der Waals surface area contributed by atoms with Gasteiger partial charge in [0, 0.05) is 25.0 Å². The standard InChI is InChI=1S/C19H17BrOS/c1-12-9-16(21-2)14(11-15(12)20)19(7-8-19)18-10-13-5-3-4-6-17(13)22-18/h3-6,9-11H,7-8H2,1-2H3. The Morgan fingerprint density at radius 1 is 1.14 bits per heavy atom. The highest BCUT2D eigenvalue weighted by atomic mass is 79.9. The van der Waals surface area contributed by atoms with Gasteiger partial charge in [-0.3, -0.25) is 0 Å². The maximum Gasteiger partial charge on any atom is 0.123 e. The molecule has 0 radical (unpaired) electrons. The minimum Gasteiger partial charge on any atom is -0.496 e. The number of rotatable bonds is 3. The summed E-state index contributed by atoms with van der Waals surface area (Å²) < 4.78 is 8.22. The van der Waals surface area contributed by atoms with E-state index in [0.717, 1.165) is 10.2 Å². The lowest BCUT2D eigenvalue weighted by Crippen LogP contribution is -2.09. The summed E-state index contributed by atoms with van der Waals surface area (Å²) in [5.74, 6) is 1.01. The molecule has 0 amide bonds. The second-order valence-electron chi connectivity index (χ2n) is 6.03. The number of hydrogen-bond acceptors (Lipinski definition) is 2. The summed E-state index contributed by atoms with van der Waals surface area (Å²) in [5.41, 5.74) is 2.68. The molecule has 112 valence electrons. The van der Waals surface area contributed by atoms with Crippen LogP contribution in [-0.4, -0.2) is 7.11 Å². The second kappa shape index (κ2) is 5.10. The topological polar surface area (TPSA) is 9.23 Å². The predicted octanol–water partition coefficient (Wildman–Crippen LogP) is 6.06. The average Bonchev–Trinajstić information content (AvgIpc) is 3.22. The number of ether oxygens (including phenoxy) is 1. The van der Waals surface area contributed by atoms with Crippen LogP contribution in [0.2, 0.25) is 0 Å². The van der Waals surface area contributed by atoms with Crippen LogP contribution in [-0.2, 0) is 5.41 Å². The van der Waals surface area contributed by atoms with Gasteiger partial charge in [-0.15, -0.1) is 11.3 Å². The number of halogens is 1. The van der Waals surface area contributed by atoms with Crippen LogP contribution in [0.4, 0.5) is 0 Å². The lowest BCUT2D eigenvalue weighted by atomic mass is 9.92. The molecule has 1 aliphatic rings. The van der Waals surface area contributed by atoms with E-state index in [0.29, 0.717) is 0 Å². The van der Waals surface area contributed by atoms with Crippen molar-refractivity contribution in [2.24, 2.45) is 0 Å². The maximum absolute atomic E-state index is 5.69. The Bertz CT molecular complexity index is 828. The minimum atomic E-state index is 0.144. The van der Waals surface area contributed by atoms with Gasteiger partial charge in [0.1, 0.15) is 5.75 Å². The van der Waals surface area contributed by atoms with Gasteiger partial charge in [0.15, 0.2) is 0 Å². The fraction of sp³-hybridized carbons (Fsp3) is 0.263. The number of benzene rings is 2. The van der Waals surface area contributed by atoms with Crippen LogP contribution in [0.25, 0.3) is 10.1 Å². The highest BCUT2D eigenvalue weighted by Crippen LogP contribution is 2.58. The molecule has 0 saturated heterocycles. The minimum absolute atomic E-state index is 0.144. The van der Waals surface area contributed by atoms with Crippen LogP contribution in [0.1, 0.15) is 28.8 Å². The summed E-state index contributed by atoms with van der Waals surface area (Å²) in [6.45, 7) is 2.11. The van der Waals surface area contributed by atoms with Crippen molar-refractivity contribution in [2.75, 3.05) is 7.11 Å². The van der Waals surface area contributed by atoms with Gasteiger partial charge in [0.2, 0.25) is 0 Å². The van der Waals surface area contributed by atoms with Gasteiger partial charge in [-0.05, 0) is 55.0 Å². The largest absolute Gasteiger partial charge is 0.496 e. The first-order chi connectivity index (χ1) is 10.6. The number of thiophene rings is 1. The fourth-order valence-corrected chi connectivity index (χ4v) is 4.86. The summed E-state index contributed by atoms with van der Waals surface area (Å²) in [4.78, 5) is 1.46. The van der Waals surface area contributed by atoms with E-state index in [1.807, 2.05) is 11.3 Å². The fourth-order valence-electron chi connectivity index (χ4n) is 3.19. The number of fused-ring (bicyclic) bond motifs is 1. The van der Waals surface area contributed by atoms with Crippen LogP contribution < -0.4 is 4.74 Å². The first-order valence-electron chi connectivity index (χ1n) is 7.48. The first kappa shape index (κ1) is 14.3. The molecular formula is C19H17BrOS. The Balaban J connectivity index is 1.89.